The molecule has 0 amide bonds. The molecule has 3 heterocycles. The van der Waals surface area contributed by atoms with Crippen molar-refractivity contribution in [3.05, 3.63) is 51.8 Å². The normalized spacial score (nSPS) is 16.2. The van der Waals surface area contributed by atoms with Crippen LogP contribution < -0.4 is 4.74 Å². The lowest BCUT2D eigenvalue weighted by Gasteiger charge is -2.39. The number of aliphatic carboxylic acids is 1. The summed E-state index contributed by atoms with van der Waals surface area (Å²) in [4.78, 5) is 20.4. The van der Waals surface area contributed by atoms with E-state index in [0.717, 1.165) is 60.4 Å². The zero-order chi connectivity index (χ0) is 23.3. The second-order valence-electron chi connectivity index (χ2n) is 8.56. The zero-order valence-corrected chi connectivity index (χ0v) is 21.1. The average molecular weight is 505 g/mol. The third-order valence-corrected chi connectivity index (χ3v) is 8.79. The maximum atomic E-state index is 12.3. The third-order valence-electron chi connectivity index (χ3n) is 6.65. The number of hydrogen-bond donors (Lipinski definition) is 1. The molecule has 0 radical (unpaired) electrons. The number of aromatic nitrogens is 1. The van der Waals surface area contributed by atoms with Crippen LogP contribution in [0, 0.1) is 5.41 Å². The van der Waals surface area contributed by atoms with Crippen LogP contribution in [0.1, 0.15) is 31.2 Å². The molecular formula is C25H29ClN2O3S2. The van der Waals surface area contributed by atoms with Crippen LogP contribution in [0.3, 0.4) is 0 Å². The lowest BCUT2D eigenvalue weighted by atomic mass is 9.74. The Morgan fingerprint density at radius 2 is 2.15 bits per heavy atom. The fourth-order valence-corrected chi connectivity index (χ4v) is 6.62. The highest BCUT2D eigenvalue weighted by Gasteiger charge is 2.40. The molecule has 4 rings (SSSR count). The molecule has 2 aromatic heterocycles. The summed E-state index contributed by atoms with van der Waals surface area (Å²) in [5, 5.41) is 16.0. The summed E-state index contributed by atoms with van der Waals surface area (Å²) in [6.07, 6.45) is 5.24. The van der Waals surface area contributed by atoms with E-state index < -0.39 is 11.4 Å². The van der Waals surface area contributed by atoms with Gasteiger partial charge in [-0.3, -0.25) is 9.78 Å². The first-order chi connectivity index (χ1) is 16.0. The number of nitrogens with zero attached hydrogens (tertiary/aromatic N) is 2. The van der Waals surface area contributed by atoms with Crippen molar-refractivity contribution < 1.29 is 14.6 Å². The van der Waals surface area contributed by atoms with Gasteiger partial charge in [-0.2, -0.15) is 11.3 Å². The molecule has 3 aromatic rings. The predicted octanol–water partition coefficient (Wildman–Crippen LogP) is 6.24. The van der Waals surface area contributed by atoms with Crippen molar-refractivity contribution >= 4 is 51.6 Å². The number of aryl methyl sites for hydroxylation is 1. The van der Waals surface area contributed by atoms with E-state index in [0.29, 0.717) is 24.3 Å². The van der Waals surface area contributed by atoms with Gasteiger partial charge < -0.3 is 14.7 Å². The second-order valence-corrected chi connectivity index (χ2v) is 10.9. The first-order valence-electron chi connectivity index (χ1n) is 11.2. The zero-order valence-electron chi connectivity index (χ0n) is 18.8. The number of fused-ring (bicyclic) bond motifs is 1. The van der Waals surface area contributed by atoms with Crippen molar-refractivity contribution in [2.24, 2.45) is 5.41 Å². The van der Waals surface area contributed by atoms with E-state index in [9.17, 15) is 9.90 Å². The van der Waals surface area contributed by atoms with Crippen molar-refractivity contribution in [2.45, 2.75) is 37.0 Å². The summed E-state index contributed by atoms with van der Waals surface area (Å²) in [6, 6.07) is 7.93. The van der Waals surface area contributed by atoms with Gasteiger partial charge in [-0.1, -0.05) is 11.6 Å². The lowest BCUT2D eigenvalue weighted by molar-refractivity contribution is -0.152. The molecule has 33 heavy (non-hydrogen) atoms. The molecule has 0 spiro atoms. The second kappa shape index (κ2) is 11.1. The van der Waals surface area contributed by atoms with Gasteiger partial charge in [0, 0.05) is 34.2 Å². The van der Waals surface area contributed by atoms with Crippen LogP contribution in [0.2, 0.25) is 5.02 Å². The molecule has 0 unspecified atom stereocenters. The third kappa shape index (κ3) is 5.83. The summed E-state index contributed by atoms with van der Waals surface area (Å²) in [5.41, 5.74) is 1.24. The number of pyridine rings is 1. The molecule has 176 valence electrons. The Labute approximate surface area is 208 Å². The fourth-order valence-electron chi connectivity index (χ4n) is 4.59. The molecule has 1 N–H and O–H groups in total. The number of carboxylic acid groups (broad SMARTS) is 1. The quantitative estimate of drug-likeness (QED) is 0.330. The van der Waals surface area contributed by atoms with E-state index in [-0.39, 0.29) is 0 Å². The summed E-state index contributed by atoms with van der Waals surface area (Å²) in [5.74, 6) is 1.13. The molecule has 1 aliphatic heterocycles. The summed E-state index contributed by atoms with van der Waals surface area (Å²) in [7, 11) is 1.64. The molecule has 5 nitrogen and oxygen atoms in total. The van der Waals surface area contributed by atoms with E-state index in [2.05, 4.69) is 26.7 Å². The Hall–Kier alpha value is -1.80. The minimum Gasteiger partial charge on any atom is -0.497 e. The number of carbonyl (C=O) groups is 1. The molecule has 0 bridgehead atoms. The number of hydrogen-bond acceptors (Lipinski definition) is 6. The van der Waals surface area contributed by atoms with Gasteiger partial charge in [0.2, 0.25) is 0 Å². The number of benzene rings is 1. The van der Waals surface area contributed by atoms with Crippen molar-refractivity contribution in [1.29, 1.82) is 0 Å². The van der Waals surface area contributed by atoms with Gasteiger partial charge >= 0.3 is 5.97 Å². The highest BCUT2D eigenvalue weighted by molar-refractivity contribution is 7.99. The maximum Gasteiger partial charge on any atom is 0.309 e. The van der Waals surface area contributed by atoms with Gasteiger partial charge in [0.25, 0.3) is 0 Å². The first-order valence-corrected chi connectivity index (χ1v) is 13.5. The van der Waals surface area contributed by atoms with Crippen LogP contribution in [0.25, 0.3) is 10.9 Å². The molecule has 1 aromatic carbocycles. The van der Waals surface area contributed by atoms with Crippen LogP contribution >= 0.6 is 34.7 Å². The van der Waals surface area contributed by atoms with Crippen molar-refractivity contribution in [3.8, 4) is 5.75 Å². The maximum absolute atomic E-state index is 12.3. The molecule has 1 aliphatic rings. The van der Waals surface area contributed by atoms with E-state index in [1.54, 1.807) is 24.6 Å². The number of halogens is 1. The Balaban J connectivity index is 1.35. The fraction of sp³-hybridized carbons (Fsp3) is 0.440. The number of carboxylic acids is 1. The van der Waals surface area contributed by atoms with Crippen LogP contribution in [0.5, 0.6) is 5.75 Å². The van der Waals surface area contributed by atoms with Gasteiger partial charge in [0.15, 0.2) is 0 Å². The van der Waals surface area contributed by atoms with Crippen molar-refractivity contribution in [1.82, 2.24) is 9.88 Å². The molecule has 8 heteroatoms. The number of piperidine rings is 1. The number of thiophene rings is 1. The predicted molar refractivity (Wildman–Crippen MR) is 137 cm³/mol. The lowest BCUT2D eigenvalue weighted by Crippen LogP contribution is -2.45. The molecule has 1 saturated heterocycles. The van der Waals surface area contributed by atoms with Crippen LogP contribution in [0.15, 0.2) is 46.1 Å². The van der Waals surface area contributed by atoms with E-state index in [4.69, 9.17) is 16.3 Å². The molecule has 0 saturated carbocycles. The minimum absolute atomic E-state index is 0.623. The average Bonchev–Trinajstić information content (AvgIpc) is 3.34. The van der Waals surface area contributed by atoms with Crippen LogP contribution in [-0.4, -0.2) is 53.5 Å². The summed E-state index contributed by atoms with van der Waals surface area (Å²) >= 11 is 10.1. The SMILES string of the molecule is COc1ccc2ncc(Cl)c(CCCC3(C(=O)O)CCN(CCSc4ccsc4)CC3)c2c1. The first kappa shape index (κ1) is 24.3. The minimum atomic E-state index is -0.665. The van der Waals surface area contributed by atoms with Gasteiger partial charge in [-0.05, 0) is 80.4 Å². The Kier molecular flexibility index (Phi) is 8.17. The monoisotopic (exact) mass is 504 g/mol. The van der Waals surface area contributed by atoms with Crippen molar-refractivity contribution in [2.75, 3.05) is 32.5 Å². The highest BCUT2D eigenvalue weighted by atomic mass is 35.5. The summed E-state index contributed by atoms with van der Waals surface area (Å²) in [6.45, 7) is 2.68. The topological polar surface area (TPSA) is 62.7 Å². The van der Waals surface area contributed by atoms with E-state index in [1.807, 2.05) is 30.0 Å². The molecule has 0 aliphatic carbocycles. The van der Waals surface area contributed by atoms with Gasteiger partial charge in [0.05, 0.1) is 23.1 Å². The highest BCUT2D eigenvalue weighted by Crippen LogP contribution is 2.38. The molecule has 0 atom stereocenters. The van der Waals surface area contributed by atoms with E-state index in [1.165, 1.54) is 4.90 Å². The Morgan fingerprint density at radius 3 is 2.85 bits per heavy atom. The number of rotatable bonds is 10. The number of ether oxygens (including phenoxy) is 1. The van der Waals surface area contributed by atoms with Gasteiger partial charge in [-0.25, -0.2) is 0 Å². The van der Waals surface area contributed by atoms with Gasteiger partial charge in [-0.15, -0.1) is 11.8 Å². The van der Waals surface area contributed by atoms with Crippen LogP contribution in [0.4, 0.5) is 0 Å². The molecule has 1 fully saturated rings. The number of likely N-dealkylation sites (tertiary alicyclic amines) is 1. The smallest absolute Gasteiger partial charge is 0.309 e. The standard InChI is InChI=1S/C25H29ClN2O3S2/c1-31-18-4-5-23-21(15-18)20(22(26)16-27-23)3-2-7-25(24(29)30)8-10-28(11-9-25)12-14-33-19-6-13-32-17-19/h4-6,13,15-17H,2-3,7-12,14H2,1H3,(H,29,30). The van der Waals surface area contributed by atoms with Crippen molar-refractivity contribution in [3.63, 3.8) is 0 Å². The van der Waals surface area contributed by atoms with E-state index >= 15 is 0 Å². The Bertz CT molecular complexity index is 1080. The Morgan fingerprint density at radius 1 is 1.33 bits per heavy atom. The summed E-state index contributed by atoms with van der Waals surface area (Å²) < 4.78 is 5.37. The number of thioether (sulfide) groups is 1. The largest absolute Gasteiger partial charge is 0.497 e. The van der Waals surface area contributed by atoms with Gasteiger partial charge in [0.1, 0.15) is 5.75 Å². The van der Waals surface area contributed by atoms with Crippen LogP contribution in [-0.2, 0) is 11.2 Å². The molecular weight excluding hydrogens is 476 g/mol. The number of methoxy groups -OCH3 is 1.